The number of rotatable bonds is 3. The van der Waals surface area contributed by atoms with E-state index in [0.29, 0.717) is 5.56 Å². The highest BCUT2D eigenvalue weighted by atomic mass is 19.4. The molecule has 0 unspecified atom stereocenters. The van der Waals surface area contributed by atoms with E-state index in [-0.39, 0.29) is 17.2 Å². The molecule has 0 fully saturated rings. The number of carboxylic acid groups (broad SMARTS) is 1. The summed E-state index contributed by atoms with van der Waals surface area (Å²) in [5.41, 5.74) is -0.321. The van der Waals surface area contributed by atoms with Gasteiger partial charge in [-0.15, -0.1) is 0 Å². The van der Waals surface area contributed by atoms with Crippen molar-refractivity contribution in [3.63, 3.8) is 0 Å². The van der Waals surface area contributed by atoms with Gasteiger partial charge in [0.15, 0.2) is 0 Å². The van der Waals surface area contributed by atoms with Crippen molar-refractivity contribution >= 4 is 5.97 Å². The van der Waals surface area contributed by atoms with E-state index in [4.69, 9.17) is 9.84 Å². The first-order chi connectivity index (χ1) is 9.77. The van der Waals surface area contributed by atoms with Crippen LogP contribution in [0.3, 0.4) is 0 Å². The van der Waals surface area contributed by atoms with Crippen LogP contribution in [0.4, 0.5) is 13.2 Å². The quantitative estimate of drug-likeness (QED) is 0.933. The predicted octanol–water partition coefficient (Wildman–Crippen LogP) is 3.90. The number of carbonyl (C=O) groups is 1. The molecule has 1 N–H and O–H groups in total. The van der Waals surface area contributed by atoms with Gasteiger partial charge in [-0.25, -0.2) is 9.78 Å². The zero-order valence-electron chi connectivity index (χ0n) is 10.8. The van der Waals surface area contributed by atoms with Crippen LogP contribution in [0.15, 0.2) is 36.5 Å². The van der Waals surface area contributed by atoms with E-state index >= 15 is 0 Å². The Hall–Kier alpha value is -2.57. The van der Waals surface area contributed by atoms with Crippen molar-refractivity contribution in [1.82, 2.24) is 4.98 Å². The Labute approximate surface area is 117 Å². The number of aryl methyl sites for hydroxylation is 1. The number of nitrogens with zero attached hydrogens (tertiary/aromatic N) is 1. The molecular formula is C14H10F3NO3. The third-order valence-corrected chi connectivity index (χ3v) is 2.70. The number of pyridine rings is 1. The van der Waals surface area contributed by atoms with Crippen LogP contribution in [-0.2, 0) is 6.18 Å². The van der Waals surface area contributed by atoms with Crippen LogP contribution >= 0.6 is 0 Å². The number of carboxylic acids is 1. The molecule has 110 valence electrons. The Kier molecular flexibility index (Phi) is 3.84. The molecule has 7 heteroatoms. The summed E-state index contributed by atoms with van der Waals surface area (Å²) in [6, 6.07) is 5.67. The lowest BCUT2D eigenvalue weighted by atomic mass is 10.1. The van der Waals surface area contributed by atoms with Crippen molar-refractivity contribution in [3.8, 4) is 11.6 Å². The van der Waals surface area contributed by atoms with Crippen molar-refractivity contribution in [2.24, 2.45) is 0 Å². The normalized spacial score (nSPS) is 11.2. The summed E-state index contributed by atoms with van der Waals surface area (Å²) in [5, 5.41) is 8.84. The first-order valence-corrected chi connectivity index (χ1v) is 5.82. The van der Waals surface area contributed by atoms with Gasteiger partial charge < -0.3 is 9.84 Å². The zero-order valence-corrected chi connectivity index (χ0v) is 10.8. The Balaban J connectivity index is 2.28. The summed E-state index contributed by atoms with van der Waals surface area (Å²) in [7, 11) is 0. The molecule has 0 saturated carbocycles. The molecule has 0 radical (unpaired) electrons. The molecule has 1 aromatic heterocycles. The fourth-order valence-electron chi connectivity index (χ4n) is 1.65. The monoisotopic (exact) mass is 297 g/mol. The van der Waals surface area contributed by atoms with Crippen molar-refractivity contribution < 1.29 is 27.8 Å². The standard InChI is InChI=1S/C14H10F3NO3/c1-8-6-9(13(19)20)2-3-11(8)21-12-7-10(4-5-18-12)14(15,16)17/h2-7H,1H3,(H,19,20). The second-order valence-electron chi connectivity index (χ2n) is 4.27. The van der Waals surface area contributed by atoms with Crippen LogP contribution in [0.2, 0.25) is 0 Å². The largest absolute Gasteiger partial charge is 0.478 e. The van der Waals surface area contributed by atoms with E-state index in [0.717, 1.165) is 18.3 Å². The predicted molar refractivity (Wildman–Crippen MR) is 67.5 cm³/mol. The minimum Gasteiger partial charge on any atom is -0.478 e. The number of benzene rings is 1. The van der Waals surface area contributed by atoms with Crippen molar-refractivity contribution in [2.75, 3.05) is 0 Å². The summed E-state index contributed by atoms with van der Waals surface area (Å²) >= 11 is 0. The van der Waals surface area contributed by atoms with Gasteiger partial charge in [-0.3, -0.25) is 0 Å². The maximum absolute atomic E-state index is 12.6. The first kappa shape index (κ1) is 14.8. The lowest BCUT2D eigenvalue weighted by molar-refractivity contribution is -0.137. The number of alkyl halides is 3. The molecule has 21 heavy (non-hydrogen) atoms. The molecule has 1 heterocycles. The molecule has 2 aromatic rings. The average Bonchev–Trinajstić information content (AvgIpc) is 2.40. The van der Waals surface area contributed by atoms with Gasteiger partial charge in [-0.05, 0) is 36.8 Å². The van der Waals surface area contributed by atoms with Crippen LogP contribution in [0.25, 0.3) is 0 Å². The highest BCUT2D eigenvalue weighted by Gasteiger charge is 2.31. The van der Waals surface area contributed by atoms with Crippen LogP contribution in [0.1, 0.15) is 21.5 Å². The van der Waals surface area contributed by atoms with Gasteiger partial charge >= 0.3 is 12.1 Å². The van der Waals surface area contributed by atoms with Gasteiger partial charge in [-0.2, -0.15) is 13.2 Å². The average molecular weight is 297 g/mol. The van der Waals surface area contributed by atoms with Crippen molar-refractivity contribution in [3.05, 3.63) is 53.2 Å². The molecule has 0 bridgehead atoms. The fourth-order valence-corrected chi connectivity index (χ4v) is 1.65. The van der Waals surface area contributed by atoms with Gasteiger partial charge in [0.1, 0.15) is 5.75 Å². The maximum Gasteiger partial charge on any atom is 0.416 e. The van der Waals surface area contributed by atoms with Crippen LogP contribution < -0.4 is 4.74 Å². The molecule has 0 aliphatic carbocycles. The lowest BCUT2D eigenvalue weighted by Crippen LogP contribution is -2.05. The van der Waals surface area contributed by atoms with Crippen LogP contribution in [0, 0.1) is 6.92 Å². The van der Waals surface area contributed by atoms with Crippen molar-refractivity contribution in [1.29, 1.82) is 0 Å². The molecule has 2 rings (SSSR count). The highest BCUT2D eigenvalue weighted by molar-refractivity contribution is 5.88. The summed E-state index contributed by atoms with van der Waals surface area (Å²) in [4.78, 5) is 14.5. The second-order valence-corrected chi connectivity index (χ2v) is 4.27. The third kappa shape index (κ3) is 3.50. The van der Waals surface area contributed by atoms with E-state index < -0.39 is 17.7 Å². The summed E-state index contributed by atoms with van der Waals surface area (Å²) < 4.78 is 43.0. The van der Waals surface area contributed by atoms with Gasteiger partial charge in [-0.1, -0.05) is 0 Å². The number of aromatic nitrogens is 1. The molecule has 1 aromatic carbocycles. The Morgan fingerprint density at radius 1 is 1.24 bits per heavy atom. The zero-order chi connectivity index (χ0) is 15.6. The summed E-state index contributed by atoms with van der Waals surface area (Å²) in [5.74, 6) is -1.07. The molecule has 0 atom stereocenters. The first-order valence-electron chi connectivity index (χ1n) is 5.82. The number of aromatic carboxylic acids is 1. The summed E-state index contributed by atoms with van der Waals surface area (Å²) in [6.45, 7) is 1.59. The minimum atomic E-state index is -4.48. The molecular weight excluding hydrogens is 287 g/mol. The fraction of sp³-hybridized carbons (Fsp3) is 0.143. The molecule has 0 aliphatic rings. The van der Waals surface area contributed by atoms with E-state index in [1.165, 1.54) is 18.2 Å². The van der Waals surface area contributed by atoms with Gasteiger partial charge in [0.25, 0.3) is 0 Å². The van der Waals surface area contributed by atoms with Gasteiger partial charge in [0.05, 0.1) is 11.1 Å². The number of hydrogen-bond acceptors (Lipinski definition) is 3. The molecule has 4 nitrogen and oxygen atoms in total. The Morgan fingerprint density at radius 2 is 1.95 bits per heavy atom. The van der Waals surface area contributed by atoms with E-state index in [1.54, 1.807) is 6.92 Å². The maximum atomic E-state index is 12.6. The van der Waals surface area contributed by atoms with E-state index in [1.807, 2.05) is 0 Å². The minimum absolute atomic E-state index is 0.0665. The lowest BCUT2D eigenvalue weighted by Gasteiger charge is -2.11. The number of hydrogen-bond donors (Lipinski definition) is 1. The van der Waals surface area contributed by atoms with Crippen LogP contribution in [-0.4, -0.2) is 16.1 Å². The smallest absolute Gasteiger partial charge is 0.416 e. The molecule has 0 saturated heterocycles. The third-order valence-electron chi connectivity index (χ3n) is 2.70. The molecule has 0 aliphatic heterocycles. The van der Waals surface area contributed by atoms with Crippen molar-refractivity contribution in [2.45, 2.75) is 13.1 Å². The van der Waals surface area contributed by atoms with Gasteiger partial charge in [0.2, 0.25) is 5.88 Å². The van der Waals surface area contributed by atoms with E-state index in [2.05, 4.69) is 4.98 Å². The number of halogens is 3. The SMILES string of the molecule is Cc1cc(C(=O)O)ccc1Oc1cc(C(F)(F)F)ccn1. The van der Waals surface area contributed by atoms with Gasteiger partial charge in [0, 0.05) is 12.3 Å². The van der Waals surface area contributed by atoms with E-state index in [9.17, 15) is 18.0 Å². The molecule has 0 amide bonds. The second kappa shape index (κ2) is 5.43. The highest BCUT2D eigenvalue weighted by Crippen LogP contribution is 2.32. The van der Waals surface area contributed by atoms with Crippen LogP contribution in [0.5, 0.6) is 11.6 Å². The topological polar surface area (TPSA) is 59.4 Å². The number of ether oxygens (including phenoxy) is 1. The Bertz CT molecular complexity index is 683. The summed E-state index contributed by atoms with van der Waals surface area (Å²) in [6.07, 6.45) is -3.48. The Morgan fingerprint density at radius 3 is 2.52 bits per heavy atom. The molecule has 0 spiro atoms.